The van der Waals surface area contributed by atoms with Gasteiger partial charge in [0.1, 0.15) is 5.75 Å². The molecule has 0 bridgehead atoms. The predicted molar refractivity (Wildman–Crippen MR) is 101 cm³/mol. The van der Waals surface area contributed by atoms with Gasteiger partial charge in [-0.1, -0.05) is 40.1 Å². The summed E-state index contributed by atoms with van der Waals surface area (Å²) in [4.78, 5) is 12.0. The molecule has 3 nitrogen and oxygen atoms in total. The SMILES string of the molecule is CCOc1ccc(C(C)NC(=O)CCCCC2CCSS2)cc1. The Morgan fingerprint density at radius 1 is 1.35 bits per heavy atom. The van der Waals surface area contributed by atoms with Crippen LogP contribution in [0.3, 0.4) is 0 Å². The van der Waals surface area contributed by atoms with Crippen molar-refractivity contribution < 1.29 is 9.53 Å². The van der Waals surface area contributed by atoms with E-state index in [1.807, 2.05) is 59.7 Å². The van der Waals surface area contributed by atoms with Crippen LogP contribution < -0.4 is 10.1 Å². The van der Waals surface area contributed by atoms with E-state index >= 15 is 0 Å². The van der Waals surface area contributed by atoms with Crippen LogP contribution in [0.5, 0.6) is 5.75 Å². The third-order valence-corrected chi connectivity index (χ3v) is 6.98. The summed E-state index contributed by atoms with van der Waals surface area (Å²) in [6.07, 6.45) is 5.36. The molecule has 5 heteroatoms. The molecular formula is C18H27NO2S2. The van der Waals surface area contributed by atoms with Crippen LogP contribution in [0.25, 0.3) is 0 Å². The van der Waals surface area contributed by atoms with Crippen molar-refractivity contribution in [2.75, 3.05) is 12.4 Å². The summed E-state index contributed by atoms with van der Waals surface area (Å²) in [6, 6.07) is 7.99. The average molecular weight is 354 g/mol. The maximum absolute atomic E-state index is 12.0. The molecule has 2 unspecified atom stereocenters. The van der Waals surface area contributed by atoms with Gasteiger partial charge >= 0.3 is 0 Å². The Labute approximate surface area is 147 Å². The normalized spacial score (nSPS) is 18.6. The molecule has 1 fully saturated rings. The smallest absolute Gasteiger partial charge is 0.220 e. The lowest BCUT2D eigenvalue weighted by Crippen LogP contribution is -2.26. The molecule has 0 radical (unpaired) electrons. The minimum Gasteiger partial charge on any atom is -0.494 e. The van der Waals surface area contributed by atoms with Crippen LogP contribution in [-0.4, -0.2) is 23.5 Å². The van der Waals surface area contributed by atoms with Crippen molar-refractivity contribution in [3.63, 3.8) is 0 Å². The van der Waals surface area contributed by atoms with Gasteiger partial charge < -0.3 is 10.1 Å². The summed E-state index contributed by atoms with van der Waals surface area (Å²) in [5, 5.41) is 3.90. The Kier molecular flexibility index (Phi) is 8.17. The van der Waals surface area contributed by atoms with Crippen LogP contribution >= 0.6 is 21.6 Å². The molecule has 2 rings (SSSR count). The quantitative estimate of drug-likeness (QED) is 0.502. The van der Waals surface area contributed by atoms with E-state index in [0.29, 0.717) is 13.0 Å². The van der Waals surface area contributed by atoms with Crippen LogP contribution in [0.2, 0.25) is 0 Å². The van der Waals surface area contributed by atoms with Gasteiger partial charge in [-0.25, -0.2) is 0 Å². The number of nitrogens with one attached hydrogen (secondary N) is 1. The fraction of sp³-hybridized carbons (Fsp3) is 0.611. The highest BCUT2D eigenvalue weighted by Crippen LogP contribution is 2.39. The highest BCUT2D eigenvalue weighted by Gasteiger charge is 2.16. The first-order chi connectivity index (χ1) is 11.2. The Morgan fingerprint density at radius 3 is 2.78 bits per heavy atom. The van der Waals surface area contributed by atoms with Crippen molar-refractivity contribution in [3.05, 3.63) is 29.8 Å². The molecule has 1 aliphatic heterocycles. The average Bonchev–Trinajstić information content (AvgIpc) is 3.06. The van der Waals surface area contributed by atoms with Crippen molar-refractivity contribution in [1.82, 2.24) is 5.32 Å². The van der Waals surface area contributed by atoms with Crippen molar-refractivity contribution in [1.29, 1.82) is 0 Å². The van der Waals surface area contributed by atoms with Gasteiger partial charge in [0.05, 0.1) is 12.6 Å². The third-order valence-electron chi connectivity index (χ3n) is 3.98. The maximum atomic E-state index is 12.0. The largest absolute Gasteiger partial charge is 0.494 e. The van der Waals surface area contributed by atoms with Gasteiger partial charge in [-0.3, -0.25) is 4.79 Å². The first-order valence-corrected chi connectivity index (χ1v) is 10.9. The molecule has 23 heavy (non-hydrogen) atoms. The summed E-state index contributed by atoms with van der Waals surface area (Å²) < 4.78 is 5.44. The number of benzene rings is 1. The molecule has 0 spiro atoms. The number of ether oxygens (including phenoxy) is 1. The number of hydrogen-bond donors (Lipinski definition) is 1. The molecule has 1 N–H and O–H groups in total. The second-order valence-electron chi connectivity index (χ2n) is 5.87. The highest BCUT2D eigenvalue weighted by atomic mass is 33.1. The van der Waals surface area contributed by atoms with Gasteiger partial charge in [0.2, 0.25) is 5.91 Å². The summed E-state index contributed by atoms with van der Waals surface area (Å²) >= 11 is 0. The fourth-order valence-corrected chi connectivity index (χ4v) is 5.67. The van der Waals surface area contributed by atoms with E-state index < -0.39 is 0 Å². The predicted octanol–water partition coefficient (Wildman–Crippen LogP) is 4.98. The molecule has 1 saturated heterocycles. The van der Waals surface area contributed by atoms with Gasteiger partial charge in [0.25, 0.3) is 0 Å². The van der Waals surface area contributed by atoms with Crippen molar-refractivity contribution in [2.24, 2.45) is 0 Å². The van der Waals surface area contributed by atoms with E-state index in [4.69, 9.17) is 4.74 Å². The first kappa shape index (κ1) is 18.5. The zero-order valence-corrected chi connectivity index (χ0v) is 15.7. The van der Waals surface area contributed by atoms with E-state index in [9.17, 15) is 4.79 Å². The van der Waals surface area contributed by atoms with Gasteiger partial charge in [-0.2, -0.15) is 0 Å². The van der Waals surface area contributed by atoms with Crippen LogP contribution in [0, 0.1) is 0 Å². The molecule has 128 valence electrons. The number of carbonyl (C=O) groups excluding carboxylic acids is 1. The summed E-state index contributed by atoms with van der Waals surface area (Å²) in [5.74, 6) is 2.31. The minimum absolute atomic E-state index is 0.0416. The monoisotopic (exact) mass is 353 g/mol. The van der Waals surface area contributed by atoms with Gasteiger partial charge in [-0.05, 0) is 50.8 Å². The second kappa shape index (κ2) is 10.1. The minimum atomic E-state index is 0.0416. The molecule has 1 aliphatic rings. The topological polar surface area (TPSA) is 38.3 Å². The molecule has 2 atom stereocenters. The van der Waals surface area contributed by atoms with E-state index in [1.165, 1.54) is 18.6 Å². The molecular weight excluding hydrogens is 326 g/mol. The maximum Gasteiger partial charge on any atom is 0.220 e. The van der Waals surface area contributed by atoms with Gasteiger partial charge in [-0.15, -0.1) is 0 Å². The Balaban J connectivity index is 1.65. The molecule has 0 aliphatic carbocycles. The lowest BCUT2D eigenvalue weighted by Gasteiger charge is -2.15. The number of amides is 1. The molecule has 0 aromatic heterocycles. The summed E-state index contributed by atoms with van der Waals surface area (Å²) in [5.41, 5.74) is 1.11. The number of carbonyl (C=O) groups is 1. The van der Waals surface area contributed by atoms with Crippen molar-refractivity contribution in [3.8, 4) is 5.75 Å². The van der Waals surface area contributed by atoms with Crippen LogP contribution in [0.15, 0.2) is 24.3 Å². The Morgan fingerprint density at radius 2 is 2.13 bits per heavy atom. The summed E-state index contributed by atoms with van der Waals surface area (Å²) in [7, 11) is 4.00. The molecule has 1 heterocycles. The standard InChI is InChI=1S/C18H27NO2S2/c1-3-21-16-10-8-15(9-11-16)14(2)19-18(20)7-5-4-6-17-12-13-22-23-17/h8-11,14,17H,3-7,12-13H2,1-2H3,(H,19,20). The zero-order chi connectivity index (χ0) is 16.5. The first-order valence-electron chi connectivity index (χ1n) is 8.49. The van der Waals surface area contributed by atoms with E-state index in [2.05, 4.69) is 5.32 Å². The summed E-state index contributed by atoms with van der Waals surface area (Å²) in [6.45, 7) is 4.67. The molecule has 0 saturated carbocycles. The van der Waals surface area contributed by atoms with Crippen molar-refractivity contribution in [2.45, 2.75) is 57.2 Å². The van der Waals surface area contributed by atoms with Gasteiger partial charge in [0.15, 0.2) is 0 Å². The number of unbranched alkanes of at least 4 members (excludes halogenated alkanes) is 1. The van der Waals surface area contributed by atoms with Gasteiger partial charge in [0, 0.05) is 17.4 Å². The van der Waals surface area contributed by atoms with E-state index in [0.717, 1.165) is 29.4 Å². The lowest BCUT2D eigenvalue weighted by molar-refractivity contribution is -0.121. The lowest BCUT2D eigenvalue weighted by atomic mass is 10.1. The molecule has 1 amide bonds. The van der Waals surface area contributed by atoms with Crippen LogP contribution in [0.4, 0.5) is 0 Å². The van der Waals surface area contributed by atoms with Crippen LogP contribution in [-0.2, 0) is 4.79 Å². The van der Waals surface area contributed by atoms with Crippen LogP contribution in [0.1, 0.15) is 57.6 Å². The fourth-order valence-electron chi connectivity index (χ4n) is 2.64. The third kappa shape index (κ3) is 6.68. The zero-order valence-electron chi connectivity index (χ0n) is 14.0. The number of rotatable bonds is 9. The van der Waals surface area contributed by atoms with E-state index in [-0.39, 0.29) is 11.9 Å². The van der Waals surface area contributed by atoms with Crippen molar-refractivity contribution >= 4 is 27.5 Å². The van der Waals surface area contributed by atoms with E-state index in [1.54, 1.807) is 0 Å². The Hall–Kier alpha value is -0.810. The number of hydrogen-bond acceptors (Lipinski definition) is 4. The molecule has 1 aromatic rings. The molecule has 1 aromatic carbocycles. The second-order valence-corrected chi connectivity index (χ2v) is 8.65. The Bertz CT molecular complexity index is 472. The highest BCUT2D eigenvalue weighted by molar-refractivity contribution is 8.77.